The number of carbonyl (C=O) groups excluding carboxylic acids is 1. The molecule has 0 aliphatic rings. The standard InChI is InChI=1S/C15H14F2N2O2/c16-15(17)21-13-7-2-1-6-12(13)19-9-10-4-3-5-11(8-10)14(18)20/h1-8,15,19H,9H2,(H2,18,20). The summed E-state index contributed by atoms with van der Waals surface area (Å²) in [6, 6.07) is 13.2. The molecule has 0 saturated carbocycles. The van der Waals surface area contributed by atoms with Crippen molar-refractivity contribution in [3.63, 3.8) is 0 Å². The van der Waals surface area contributed by atoms with Gasteiger partial charge in [-0.3, -0.25) is 4.79 Å². The number of para-hydroxylation sites is 2. The summed E-state index contributed by atoms with van der Waals surface area (Å²) in [5, 5.41) is 2.99. The van der Waals surface area contributed by atoms with Crippen LogP contribution in [0.1, 0.15) is 15.9 Å². The van der Waals surface area contributed by atoms with Gasteiger partial charge in [0.2, 0.25) is 5.91 Å². The van der Waals surface area contributed by atoms with Crippen LogP contribution in [0.5, 0.6) is 5.75 Å². The molecule has 0 atom stereocenters. The van der Waals surface area contributed by atoms with Crippen LogP contribution in [0.3, 0.4) is 0 Å². The Labute approximate surface area is 120 Å². The van der Waals surface area contributed by atoms with Gasteiger partial charge < -0.3 is 15.8 Å². The van der Waals surface area contributed by atoms with Crippen LogP contribution in [0.4, 0.5) is 14.5 Å². The average molecular weight is 292 g/mol. The van der Waals surface area contributed by atoms with Crippen molar-refractivity contribution in [3.8, 4) is 5.75 Å². The molecule has 0 radical (unpaired) electrons. The quantitative estimate of drug-likeness (QED) is 0.860. The van der Waals surface area contributed by atoms with E-state index in [0.717, 1.165) is 5.56 Å². The molecule has 0 heterocycles. The van der Waals surface area contributed by atoms with Crippen LogP contribution >= 0.6 is 0 Å². The van der Waals surface area contributed by atoms with Gasteiger partial charge in [-0.15, -0.1) is 0 Å². The van der Waals surface area contributed by atoms with Gasteiger partial charge in [0.25, 0.3) is 0 Å². The predicted molar refractivity (Wildman–Crippen MR) is 75.4 cm³/mol. The average Bonchev–Trinajstić information content (AvgIpc) is 2.46. The molecule has 21 heavy (non-hydrogen) atoms. The topological polar surface area (TPSA) is 64.4 Å². The zero-order valence-electron chi connectivity index (χ0n) is 11.1. The maximum Gasteiger partial charge on any atom is 0.387 e. The maximum absolute atomic E-state index is 12.3. The molecule has 110 valence electrons. The zero-order chi connectivity index (χ0) is 15.2. The van der Waals surface area contributed by atoms with Gasteiger partial charge in [0.1, 0.15) is 5.75 Å². The Morgan fingerprint density at radius 2 is 1.95 bits per heavy atom. The highest BCUT2D eigenvalue weighted by molar-refractivity contribution is 5.92. The molecule has 6 heteroatoms. The van der Waals surface area contributed by atoms with Crippen LogP contribution in [-0.4, -0.2) is 12.5 Å². The first-order valence-electron chi connectivity index (χ1n) is 6.22. The number of hydrogen-bond donors (Lipinski definition) is 2. The molecule has 0 aromatic heterocycles. The summed E-state index contributed by atoms with van der Waals surface area (Å²) in [6.07, 6.45) is 0. The van der Waals surface area contributed by atoms with Crippen molar-refractivity contribution in [1.82, 2.24) is 0 Å². The number of halogens is 2. The smallest absolute Gasteiger partial charge is 0.387 e. The summed E-state index contributed by atoms with van der Waals surface area (Å²) in [4.78, 5) is 11.1. The monoisotopic (exact) mass is 292 g/mol. The van der Waals surface area contributed by atoms with Gasteiger partial charge >= 0.3 is 6.61 Å². The first kappa shape index (κ1) is 14.8. The van der Waals surface area contributed by atoms with E-state index in [1.165, 1.54) is 6.07 Å². The van der Waals surface area contributed by atoms with Crippen molar-refractivity contribution < 1.29 is 18.3 Å². The minimum atomic E-state index is -2.88. The number of nitrogens with two attached hydrogens (primary N) is 1. The van der Waals surface area contributed by atoms with E-state index in [4.69, 9.17) is 5.73 Å². The number of primary amides is 1. The highest BCUT2D eigenvalue weighted by Gasteiger charge is 2.09. The molecule has 3 N–H and O–H groups in total. The molecule has 2 rings (SSSR count). The molecule has 0 bridgehead atoms. The zero-order valence-corrected chi connectivity index (χ0v) is 11.1. The van der Waals surface area contributed by atoms with E-state index in [9.17, 15) is 13.6 Å². The Kier molecular flexibility index (Phi) is 4.71. The van der Waals surface area contributed by atoms with E-state index in [1.54, 1.807) is 42.5 Å². The lowest BCUT2D eigenvalue weighted by Crippen LogP contribution is -2.11. The number of benzene rings is 2. The molecule has 4 nitrogen and oxygen atoms in total. The van der Waals surface area contributed by atoms with Crippen molar-refractivity contribution in [2.45, 2.75) is 13.2 Å². The number of anilines is 1. The van der Waals surface area contributed by atoms with Gasteiger partial charge in [-0.05, 0) is 29.8 Å². The lowest BCUT2D eigenvalue weighted by molar-refractivity contribution is -0.0493. The normalized spacial score (nSPS) is 10.4. The van der Waals surface area contributed by atoms with Crippen molar-refractivity contribution in [1.29, 1.82) is 0 Å². The minimum Gasteiger partial charge on any atom is -0.433 e. The summed E-state index contributed by atoms with van der Waals surface area (Å²) in [6.45, 7) is -2.53. The number of amides is 1. The summed E-state index contributed by atoms with van der Waals surface area (Å²) >= 11 is 0. The van der Waals surface area contributed by atoms with Gasteiger partial charge in [-0.2, -0.15) is 8.78 Å². The molecule has 0 aliphatic heterocycles. The Hall–Kier alpha value is -2.63. The number of hydrogen-bond acceptors (Lipinski definition) is 3. The van der Waals surface area contributed by atoms with Crippen molar-refractivity contribution in [2.24, 2.45) is 5.73 Å². The molecular formula is C15H14F2N2O2. The van der Waals surface area contributed by atoms with Crippen LogP contribution in [0.2, 0.25) is 0 Å². The van der Waals surface area contributed by atoms with Crippen LogP contribution in [0, 0.1) is 0 Å². The third-order valence-corrected chi connectivity index (χ3v) is 2.80. The Bertz CT molecular complexity index is 633. The Morgan fingerprint density at radius 3 is 2.67 bits per heavy atom. The lowest BCUT2D eigenvalue weighted by atomic mass is 10.1. The van der Waals surface area contributed by atoms with Crippen molar-refractivity contribution in [3.05, 3.63) is 59.7 Å². The fraction of sp³-hybridized carbons (Fsp3) is 0.133. The van der Waals surface area contributed by atoms with Gasteiger partial charge in [0, 0.05) is 12.1 Å². The highest BCUT2D eigenvalue weighted by Crippen LogP contribution is 2.26. The van der Waals surface area contributed by atoms with Gasteiger partial charge in [-0.1, -0.05) is 24.3 Å². The highest BCUT2D eigenvalue weighted by atomic mass is 19.3. The third kappa shape index (κ3) is 4.17. The van der Waals surface area contributed by atoms with Gasteiger partial charge in [0.05, 0.1) is 5.69 Å². The van der Waals surface area contributed by atoms with E-state index in [1.807, 2.05) is 0 Å². The van der Waals surface area contributed by atoms with Crippen LogP contribution in [-0.2, 0) is 6.54 Å². The fourth-order valence-electron chi connectivity index (χ4n) is 1.84. The van der Waals surface area contributed by atoms with Crippen LogP contribution in [0.25, 0.3) is 0 Å². The summed E-state index contributed by atoms with van der Waals surface area (Å²) in [5.74, 6) is -0.447. The van der Waals surface area contributed by atoms with E-state index in [0.29, 0.717) is 17.8 Å². The molecule has 0 saturated heterocycles. The second kappa shape index (κ2) is 6.69. The summed E-state index contributed by atoms with van der Waals surface area (Å²) in [7, 11) is 0. The largest absolute Gasteiger partial charge is 0.433 e. The number of rotatable bonds is 6. The second-order valence-electron chi connectivity index (χ2n) is 4.29. The van der Waals surface area contributed by atoms with E-state index in [2.05, 4.69) is 10.1 Å². The van der Waals surface area contributed by atoms with Crippen molar-refractivity contribution in [2.75, 3.05) is 5.32 Å². The van der Waals surface area contributed by atoms with Crippen LogP contribution < -0.4 is 15.8 Å². The molecule has 0 spiro atoms. The summed E-state index contributed by atoms with van der Waals surface area (Å²) in [5.41, 5.74) is 6.85. The van der Waals surface area contributed by atoms with Crippen LogP contribution in [0.15, 0.2) is 48.5 Å². The van der Waals surface area contributed by atoms with Gasteiger partial charge in [-0.25, -0.2) is 0 Å². The molecule has 1 amide bonds. The number of ether oxygens (including phenoxy) is 1. The third-order valence-electron chi connectivity index (χ3n) is 2.80. The maximum atomic E-state index is 12.3. The second-order valence-corrected chi connectivity index (χ2v) is 4.29. The molecule has 0 fully saturated rings. The fourth-order valence-corrected chi connectivity index (χ4v) is 1.84. The Morgan fingerprint density at radius 1 is 1.19 bits per heavy atom. The first-order chi connectivity index (χ1) is 10.1. The number of nitrogens with one attached hydrogen (secondary N) is 1. The van der Waals surface area contributed by atoms with E-state index < -0.39 is 12.5 Å². The minimum absolute atomic E-state index is 0.0681. The predicted octanol–water partition coefficient (Wildman–Crippen LogP) is 3.00. The van der Waals surface area contributed by atoms with E-state index in [-0.39, 0.29) is 5.75 Å². The molecular weight excluding hydrogens is 278 g/mol. The first-order valence-corrected chi connectivity index (χ1v) is 6.22. The summed E-state index contributed by atoms with van der Waals surface area (Å²) < 4.78 is 29.0. The van der Waals surface area contributed by atoms with Gasteiger partial charge in [0.15, 0.2) is 0 Å². The Balaban J connectivity index is 2.09. The number of carbonyl (C=O) groups is 1. The number of alkyl halides is 2. The molecule has 2 aromatic carbocycles. The van der Waals surface area contributed by atoms with Crippen molar-refractivity contribution >= 4 is 11.6 Å². The van der Waals surface area contributed by atoms with E-state index >= 15 is 0 Å². The SMILES string of the molecule is NC(=O)c1cccc(CNc2ccccc2OC(F)F)c1. The molecule has 2 aromatic rings. The molecule has 0 aliphatic carbocycles. The molecule has 0 unspecified atom stereocenters. The lowest BCUT2D eigenvalue weighted by Gasteiger charge is -2.12.